The van der Waals surface area contributed by atoms with Crippen molar-refractivity contribution in [2.24, 2.45) is 0 Å². The molecule has 1 N–H and O–H groups in total. The Kier molecular flexibility index (Phi) is 4.98. The molecule has 1 unspecified atom stereocenters. The van der Waals surface area contributed by atoms with Crippen LogP contribution in [0.5, 0.6) is 0 Å². The summed E-state index contributed by atoms with van der Waals surface area (Å²) >= 11 is 0. The van der Waals surface area contributed by atoms with Crippen LogP contribution in [0.4, 0.5) is 0 Å². The van der Waals surface area contributed by atoms with Gasteiger partial charge in [0, 0.05) is 23.5 Å². The zero-order chi connectivity index (χ0) is 16.2. The van der Waals surface area contributed by atoms with Crippen LogP contribution in [0.2, 0.25) is 0 Å². The predicted molar refractivity (Wildman–Crippen MR) is 89.4 cm³/mol. The normalized spacial score (nSPS) is 20.0. The van der Waals surface area contributed by atoms with E-state index in [1.165, 1.54) is 5.56 Å². The molecule has 2 aromatic rings. The van der Waals surface area contributed by atoms with Crippen molar-refractivity contribution in [1.29, 1.82) is 0 Å². The number of aliphatic carboxylic acids is 1. The third-order valence-corrected chi connectivity index (χ3v) is 4.75. The molecule has 124 valence electrons. The van der Waals surface area contributed by atoms with Gasteiger partial charge >= 0.3 is 5.97 Å². The molecule has 23 heavy (non-hydrogen) atoms. The molecule has 1 aromatic heterocycles. The molecule has 1 saturated heterocycles. The molecule has 1 aliphatic rings. The number of fused-ring (bicyclic) bond motifs is 1. The van der Waals surface area contributed by atoms with Crippen molar-refractivity contribution in [1.82, 2.24) is 9.80 Å². The van der Waals surface area contributed by atoms with Crippen LogP contribution in [0.15, 0.2) is 34.9 Å². The Balaban J connectivity index is 1.62. The highest BCUT2D eigenvalue weighted by atomic mass is 16.4. The second kappa shape index (κ2) is 7.15. The van der Waals surface area contributed by atoms with Crippen molar-refractivity contribution < 1.29 is 14.3 Å². The largest absolute Gasteiger partial charge is 0.480 e. The number of nitrogens with zero attached hydrogens (tertiary/aromatic N) is 2. The number of carbonyl (C=O) groups is 1. The van der Waals surface area contributed by atoms with Crippen molar-refractivity contribution >= 4 is 16.9 Å². The van der Waals surface area contributed by atoms with Crippen molar-refractivity contribution in [3.63, 3.8) is 0 Å². The van der Waals surface area contributed by atoms with Crippen LogP contribution >= 0.6 is 0 Å². The average Bonchev–Trinajstić information content (AvgIpc) is 2.87. The van der Waals surface area contributed by atoms with Gasteiger partial charge in [0.1, 0.15) is 5.58 Å². The molecule has 0 radical (unpaired) electrons. The number of hydrogen-bond donors (Lipinski definition) is 1. The van der Waals surface area contributed by atoms with Gasteiger partial charge in [-0.3, -0.25) is 14.6 Å². The minimum absolute atomic E-state index is 0.121. The van der Waals surface area contributed by atoms with Crippen LogP contribution in [-0.2, 0) is 11.3 Å². The molecule has 1 aliphatic heterocycles. The van der Waals surface area contributed by atoms with Crippen LogP contribution in [0, 0.1) is 0 Å². The maximum atomic E-state index is 10.9. The Bertz CT molecular complexity index is 667. The Morgan fingerprint density at radius 1 is 1.35 bits per heavy atom. The summed E-state index contributed by atoms with van der Waals surface area (Å²) in [6.07, 6.45) is 4.92. The Morgan fingerprint density at radius 2 is 2.22 bits per heavy atom. The van der Waals surface area contributed by atoms with E-state index in [4.69, 9.17) is 9.52 Å². The van der Waals surface area contributed by atoms with Crippen molar-refractivity contribution in [3.05, 3.63) is 36.1 Å². The first kappa shape index (κ1) is 16.0. The standard InChI is InChI=1S/C18H24N2O3/c1-19(13-17(21)22)16-6-3-9-20(10-7-16)12-15-5-2-4-14-8-11-23-18(14)15/h2,4-5,8,11,16H,3,6-7,9-10,12-13H2,1H3,(H,21,22). The lowest BCUT2D eigenvalue weighted by Crippen LogP contribution is -2.36. The summed E-state index contributed by atoms with van der Waals surface area (Å²) in [6, 6.07) is 8.63. The predicted octanol–water partition coefficient (Wildman–Crippen LogP) is 2.80. The molecule has 0 amide bonds. The number of furan rings is 1. The van der Waals surface area contributed by atoms with E-state index in [2.05, 4.69) is 23.1 Å². The lowest BCUT2D eigenvalue weighted by Gasteiger charge is -2.25. The summed E-state index contributed by atoms with van der Waals surface area (Å²) in [4.78, 5) is 15.3. The topological polar surface area (TPSA) is 56.9 Å². The third kappa shape index (κ3) is 3.92. The summed E-state index contributed by atoms with van der Waals surface area (Å²) in [5.74, 6) is -0.752. The first-order valence-electron chi connectivity index (χ1n) is 8.23. The van der Waals surface area contributed by atoms with Gasteiger partial charge in [-0.15, -0.1) is 0 Å². The fourth-order valence-corrected chi connectivity index (χ4v) is 3.50. The minimum atomic E-state index is -0.752. The van der Waals surface area contributed by atoms with Gasteiger partial charge < -0.3 is 9.52 Å². The van der Waals surface area contributed by atoms with E-state index in [0.29, 0.717) is 6.04 Å². The summed E-state index contributed by atoms with van der Waals surface area (Å²) < 4.78 is 5.62. The first-order chi connectivity index (χ1) is 11.1. The van der Waals surface area contributed by atoms with Gasteiger partial charge in [-0.05, 0) is 45.5 Å². The fraction of sp³-hybridized carbons (Fsp3) is 0.500. The van der Waals surface area contributed by atoms with E-state index >= 15 is 0 Å². The van der Waals surface area contributed by atoms with Crippen LogP contribution in [-0.4, -0.2) is 53.6 Å². The highest BCUT2D eigenvalue weighted by molar-refractivity contribution is 5.80. The Morgan fingerprint density at radius 3 is 3.04 bits per heavy atom. The average molecular weight is 316 g/mol. The molecular weight excluding hydrogens is 292 g/mol. The summed E-state index contributed by atoms with van der Waals surface area (Å²) in [6.45, 7) is 3.05. The van der Waals surface area contributed by atoms with Crippen LogP contribution in [0.3, 0.4) is 0 Å². The molecular formula is C18H24N2O3. The quantitative estimate of drug-likeness (QED) is 0.919. The molecule has 0 spiro atoms. The maximum Gasteiger partial charge on any atom is 0.317 e. The number of carboxylic acids is 1. The molecule has 0 aliphatic carbocycles. The fourth-order valence-electron chi connectivity index (χ4n) is 3.50. The van der Waals surface area contributed by atoms with Crippen molar-refractivity contribution in [3.8, 4) is 0 Å². The molecule has 0 saturated carbocycles. The third-order valence-electron chi connectivity index (χ3n) is 4.75. The number of hydrogen-bond acceptors (Lipinski definition) is 4. The van der Waals surface area contributed by atoms with Crippen LogP contribution in [0.1, 0.15) is 24.8 Å². The van der Waals surface area contributed by atoms with E-state index in [1.807, 2.05) is 18.0 Å². The van der Waals surface area contributed by atoms with Gasteiger partial charge in [-0.2, -0.15) is 0 Å². The van der Waals surface area contributed by atoms with Gasteiger partial charge in [0.25, 0.3) is 0 Å². The molecule has 3 rings (SSSR count). The van der Waals surface area contributed by atoms with Crippen LogP contribution in [0.25, 0.3) is 11.0 Å². The molecule has 0 bridgehead atoms. The van der Waals surface area contributed by atoms with Gasteiger partial charge in [-0.25, -0.2) is 0 Å². The van der Waals surface area contributed by atoms with Gasteiger partial charge in [0.05, 0.1) is 12.8 Å². The van der Waals surface area contributed by atoms with E-state index in [-0.39, 0.29) is 6.54 Å². The lowest BCUT2D eigenvalue weighted by molar-refractivity contribution is -0.138. The summed E-state index contributed by atoms with van der Waals surface area (Å²) in [7, 11) is 1.91. The summed E-state index contributed by atoms with van der Waals surface area (Å²) in [5, 5.41) is 10.1. The zero-order valence-electron chi connectivity index (χ0n) is 13.6. The smallest absolute Gasteiger partial charge is 0.317 e. The maximum absolute atomic E-state index is 10.9. The molecule has 1 aromatic carbocycles. The molecule has 1 atom stereocenters. The minimum Gasteiger partial charge on any atom is -0.480 e. The number of rotatable bonds is 5. The van der Waals surface area contributed by atoms with E-state index in [9.17, 15) is 4.79 Å². The SMILES string of the molecule is CN(CC(=O)O)C1CCCN(Cc2cccc3ccoc23)CC1. The van der Waals surface area contributed by atoms with Crippen LogP contribution < -0.4 is 0 Å². The number of likely N-dealkylation sites (N-methyl/N-ethyl adjacent to an activating group) is 1. The van der Waals surface area contributed by atoms with E-state index in [0.717, 1.165) is 49.9 Å². The highest BCUT2D eigenvalue weighted by Crippen LogP contribution is 2.23. The van der Waals surface area contributed by atoms with Gasteiger partial charge in [0.2, 0.25) is 0 Å². The van der Waals surface area contributed by atoms with E-state index in [1.54, 1.807) is 6.26 Å². The van der Waals surface area contributed by atoms with Crippen molar-refractivity contribution in [2.45, 2.75) is 31.8 Å². The zero-order valence-corrected chi connectivity index (χ0v) is 13.6. The van der Waals surface area contributed by atoms with E-state index < -0.39 is 5.97 Å². The first-order valence-corrected chi connectivity index (χ1v) is 8.23. The second-order valence-corrected chi connectivity index (χ2v) is 6.43. The van der Waals surface area contributed by atoms with Gasteiger partial charge in [0.15, 0.2) is 0 Å². The summed E-state index contributed by atoms with van der Waals surface area (Å²) in [5.41, 5.74) is 2.21. The lowest BCUT2D eigenvalue weighted by atomic mass is 10.1. The Labute approximate surface area is 136 Å². The molecule has 2 heterocycles. The Hall–Kier alpha value is -1.85. The number of benzene rings is 1. The number of para-hydroxylation sites is 1. The number of likely N-dealkylation sites (tertiary alicyclic amines) is 1. The monoisotopic (exact) mass is 316 g/mol. The molecule has 5 nitrogen and oxygen atoms in total. The molecule has 5 heteroatoms. The number of carboxylic acid groups (broad SMARTS) is 1. The second-order valence-electron chi connectivity index (χ2n) is 6.43. The highest BCUT2D eigenvalue weighted by Gasteiger charge is 2.22. The van der Waals surface area contributed by atoms with Crippen molar-refractivity contribution in [2.75, 3.05) is 26.7 Å². The molecule has 1 fully saturated rings. The van der Waals surface area contributed by atoms with Gasteiger partial charge in [-0.1, -0.05) is 18.2 Å².